The van der Waals surface area contributed by atoms with Gasteiger partial charge in [-0.15, -0.1) is 0 Å². The lowest BCUT2D eigenvalue weighted by molar-refractivity contribution is -0.386. The molecule has 0 aliphatic heterocycles. The summed E-state index contributed by atoms with van der Waals surface area (Å²) >= 11 is 3.14. The lowest BCUT2D eigenvalue weighted by atomic mass is 10.4. The molecule has 0 unspecified atom stereocenters. The van der Waals surface area contributed by atoms with Crippen molar-refractivity contribution in [2.75, 3.05) is 27.2 Å². The van der Waals surface area contributed by atoms with Crippen molar-refractivity contribution in [3.05, 3.63) is 26.9 Å². The van der Waals surface area contributed by atoms with E-state index in [2.05, 4.69) is 20.9 Å². The first-order valence-corrected chi connectivity index (χ1v) is 5.87. The van der Waals surface area contributed by atoms with E-state index in [0.29, 0.717) is 11.1 Å². The Labute approximate surface area is 108 Å². The fourth-order valence-electron chi connectivity index (χ4n) is 1.21. The topological polar surface area (TPSA) is 68.5 Å². The quantitative estimate of drug-likeness (QED) is 0.457. The Morgan fingerprint density at radius 2 is 2.29 bits per heavy atom. The normalized spacial score (nSPS) is 10.6. The molecule has 6 nitrogen and oxygen atoms in total. The minimum Gasteiger partial charge on any atom is -0.473 e. The van der Waals surface area contributed by atoms with E-state index in [9.17, 15) is 10.1 Å². The Balaban J connectivity index is 2.61. The highest BCUT2D eigenvalue weighted by molar-refractivity contribution is 9.10. The third-order valence-corrected chi connectivity index (χ3v) is 2.42. The molecular formula is C10H14BrN3O3. The second-order valence-corrected chi connectivity index (χ2v) is 4.66. The van der Waals surface area contributed by atoms with Gasteiger partial charge in [-0.05, 0) is 36.4 Å². The molecule has 7 heteroatoms. The van der Waals surface area contributed by atoms with Crippen molar-refractivity contribution in [1.82, 2.24) is 9.88 Å². The summed E-state index contributed by atoms with van der Waals surface area (Å²) in [6.45, 7) is 1.28. The Hall–Kier alpha value is -1.21. The molecule has 1 aromatic rings. The zero-order valence-corrected chi connectivity index (χ0v) is 11.3. The number of ether oxygens (including phenoxy) is 1. The number of pyridine rings is 1. The smallest absolute Gasteiger partial charge is 0.332 e. The van der Waals surface area contributed by atoms with Gasteiger partial charge in [0.15, 0.2) is 0 Å². The molecule has 0 aliphatic carbocycles. The largest absolute Gasteiger partial charge is 0.473 e. The van der Waals surface area contributed by atoms with Crippen molar-refractivity contribution in [3.63, 3.8) is 0 Å². The standard InChI is InChI=1S/C10H14BrN3O3/c1-13(2)4-3-5-17-10-9(14(15)16)6-8(11)7-12-10/h6-7H,3-5H2,1-2H3. The lowest BCUT2D eigenvalue weighted by Gasteiger charge is -2.09. The van der Waals surface area contributed by atoms with Gasteiger partial charge in [-0.2, -0.15) is 0 Å². The average molecular weight is 304 g/mol. The van der Waals surface area contributed by atoms with Crippen LogP contribution in [0.15, 0.2) is 16.7 Å². The molecule has 0 N–H and O–H groups in total. The number of rotatable bonds is 6. The summed E-state index contributed by atoms with van der Waals surface area (Å²) in [6, 6.07) is 1.38. The third kappa shape index (κ3) is 4.66. The van der Waals surface area contributed by atoms with E-state index in [1.165, 1.54) is 12.3 Å². The predicted molar refractivity (Wildman–Crippen MR) is 67.3 cm³/mol. The van der Waals surface area contributed by atoms with E-state index >= 15 is 0 Å². The highest BCUT2D eigenvalue weighted by Crippen LogP contribution is 2.27. The molecule has 0 aliphatic rings. The van der Waals surface area contributed by atoms with Crippen LogP contribution >= 0.6 is 15.9 Å². The molecule has 0 saturated carbocycles. The number of nitrogens with zero attached hydrogens (tertiary/aromatic N) is 3. The van der Waals surface area contributed by atoms with Crippen LogP contribution in [-0.2, 0) is 0 Å². The third-order valence-electron chi connectivity index (χ3n) is 1.98. The van der Waals surface area contributed by atoms with Crippen molar-refractivity contribution in [1.29, 1.82) is 0 Å². The van der Waals surface area contributed by atoms with Gasteiger partial charge in [0.2, 0.25) is 0 Å². The first-order valence-electron chi connectivity index (χ1n) is 5.08. The molecule has 0 saturated heterocycles. The molecule has 17 heavy (non-hydrogen) atoms. The fraction of sp³-hybridized carbons (Fsp3) is 0.500. The maximum atomic E-state index is 10.8. The van der Waals surface area contributed by atoms with E-state index in [-0.39, 0.29) is 11.6 Å². The van der Waals surface area contributed by atoms with Gasteiger partial charge in [0.25, 0.3) is 5.88 Å². The molecule has 1 aromatic heterocycles. The molecule has 0 aromatic carbocycles. The van der Waals surface area contributed by atoms with Gasteiger partial charge < -0.3 is 9.64 Å². The van der Waals surface area contributed by atoms with Crippen LogP contribution < -0.4 is 4.74 Å². The molecule has 0 amide bonds. The van der Waals surface area contributed by atoms with Crippen molar-refractivity contribution in [2.24, 2.45) is 0 Å². The van der Waals surface area contributed by atoms with Crippen LogP contribution in [0.3, 0.4) is 0 Å². The number of nitro groups is 1. The van der Waals surface area contributed by atoms with Crippen molar-refractivity contribution < 1.29 is 9.66 Å². The van der Waals surface area contributed by atoms with E-state index in [1.807, 2.05) is 19.0 Å². The lowest BCUT2D eigenvalue weighted by Crippen LogP contribution is -2.16. The van der Waals surface area contributed by atoms with Gasteiger partial charge in [0, 0.05) is 23.3 Å². The van der Waals surface area contributed by atoms with E-state index in [1.54, 1.807) is 0 Å². The summed E-state index contributed by atoms with van der Waals surface area (Å²) in [5.41, 5.74) is -0.121. The Morgan fingerprint density at radius 1 is 1.59 bits per heavy atom. The Kier molecular flexibility index (Phi) is 5.30. The molecule has 0 spiro atoms. The van der Waals surface area contributed by atoms with E-state index < -0.39 is 4.92 Å². The Morgan fingerprint density at radius 3 is 2.88 bits per heavy atom. The molecule has 94 valence electrons. The monoisotopic (exact) mass is 303 g/mol. The van der Waals surface area contributed by atoms with Gasteiger partial charge >= 0.3 is 5.69 Å². The number of aromatic nitrogens is 1. The highest BCUT2D eigenvalue weighted by atomic mass is 79.9. The van der Waals surface area contributed by atoms with Crippen molar-refractivity contribution in [2.45, 2.75) is 6.42 Å². The molecule has 1 heterocycles. The van der Waals surface area contributed by atoms with Crippen LogP contribution in [0, 0.1) is 10.1 Å². The molecule has 0 radical (unpaired) electrons. The van der Waals surface area contributed by atoms with Crippen LogP contribution in [0.4, 0.5) is 5.69 Å². The summed E-state index contributed by atoms with van der Waals surface area (Å²) in [5.74, 6) is 0.0666. The Bertz CT molecular complexity index is 398. The molecule has 1 rings (SSSR count). The summed E-state index contributed by atoms with van der Waals surface area (Å²) in [6.07, 6.45) is 2.27. The van der Waals surface area contributed by atoms with E-state index in [4.69, 9.17) is 4.74 Å². The summed E-state index contributed by atoms with van der Waals surface area (Å²) < 4.78 is 5.86. The maximum Gasteiger partial charge on any atom is 0.332 e. The number of hydrogen-bond acceptors (Lipinski definition) is 5. The predicted octanol–water partition coefficient (Wildman–Crippen LogP) is 2.08. The first-order chi connectivity index (χ1) is 8.00. The zero-order valence-electron chi connectivity index (χ0n) is 9.72. The van der Waals surface area contributed by atoms with Crippen LogP contribution in [0.2, 0.25) is 0 Å². The van der Waals surface area contributed by atoms with E-state index in [0.717, 1.165) is 13.0 Å². The van der Waals surface area contributed by atoms with Crippen LogP contribution in [-0.4, -0.2) is 42.1 Å². The average Bonchev–Trinajstić information content (AvgIpc) is 2.25. The maximum absolute atomic E-state index is 10.8. The van der Waals surface area contributed by atoms with Gasteiger partial charge in [0.1, 0.15) is 0 Å². The molecule has 0 bridgehead atoms. The summed E-state index contributed by atoms with van der Waals surface area (Å²) in [4.78, 5) is 16.2. The highest BCUT2D eigenvalue weighted by Gasteiger charge is 2.17. The SMILES string of the molecule is CN(C)CCCOc1ncc(Br)cc1[N+](=O)[O-]. The summed E-state index contributed by atoms with van der Waals surface area (Å²) in [7, 11) is 3.92. The second kappa shape index (κ2) is 6.51. The molecule has 0 atom stereocenters. The second-order valence-electron chi connectivity index (χ2n) is 3.74. The zero-order chi connectivity index (χ0) is 12.8. The van der Waals surface area contributed by atoms with Crippen molar-refractivity contribution in [3.8, 4) is 5.88 Å². The molecule has 0 fully saturated rings. The fourth-order valence-corrected chi connectivity index (χ4v) is 1.53. The first kappa shape index (κ1) is 13.9. The van der Waals surface area contributed by atoms with Crippen molar-refractivity contribution >= 4 is 21.6 Å². The van der Waals surface area contributed by atoms with Crippen LogP contribution in [0.5, 0.6) is 5.88 Å². The number of halogens is 1. The summed E-state index contributed by atoms with van der Waals surface area (Å²) in [5, 5.41) is 10.8. The van der Waals surface area contributed by atoms with Gasteiger partial charge in [0.05, 0.1) is 11.5 Å². The van der Waals surface area contributed by atoms with Crippen LogP contribution in [0.1, 0.15) is 6.42 Å². The molecular weight excluding hydrogens is 290 g/mol. The van der Waals surface area contributed by atoms with Gasteiger partial charge in [-0.3, -0.25) is 10.1 Å². The minimum absolute atomic E-state index is 0.0666. The van der Waals surface area contributed by atoms with Gasteiger partial charge in [-0.25, -0.2) is 4.98 Å². The minimum atomic E-state index is -0.501. The number of hydrogen-bond donors (Lipinski definition) is 0. The van der Waals surface area contributed by atoms with Crippen LogP contribution in [0.25, 0.3) is 0 Å². The van der Waals surface area contributed by atoms with Gasteiger partial charge in [-0.1, -0.05) is 0 Å².